The second-order valence-corrected chi connectivity index (χ2v) is 10.3. The van der Waals surface area contributed by atoms with E-state index in [1.807, 2.05) is 25.1 Å². The Balaban J connectivity index is 1.51. The van der Waals surface area contributed by atoms with Gasteiger partial charge in [0.1, 0.15) is 5.75 Å². The molecule has 1 atom stereocenters. The van der Waals surface area contributed by atoms with E-state index in [-0.39, 0.29) is 27.8 Å². The molecule has 3 rings (SSSR count). The van der Waals surface area contributed by atoms with Gasteiger partial charge in [-0.25, -0.2) is 8.42 Å². The van der Waals surface area contributed by atoms with Crippen LogP contribution in [0.1, 0.15) is 31.7 Å². The number of carbonyl (C=O) groups excluding carboxylic acids is 1. The minimum Gasteiger partial charge on any atom is -0.495 e. The number of piperidine rings is 1. The van der Waals surface area contributed by atoms with Gasteiger partial charge < -0.3 is 10.1 Å². The molecule has 1 heterocycles. The molecule has 6 nitrogen and oxygen atoms in total. The number of benzene rings is 2. The minimum atomic E-state index is -3.66. The first-order valence-electron chi connectivity index (χ1n) is 10.5. The fourth-order valence-corrected chi connectivity index (χ4v) is 5.59. The number of hydrogen-bond donors (Lipinski definition) is 1. The lowest BCUT2D eigenvalue weighted by Gasteiger charge is -2.31. The second-order valence-electron chi connectivity index (χ2n) is 7.91. The van der Waals surface area contributed by atoms with Crippen LogP contribution in [0.5, 0.6) is 5.75 Å². The Morgan fingerprint density at radius 2 is 1.87 bits per heavy atom. The number of rotatable bonds is 8. The molecule has 2 aromatic rings. The van der Waals surface area contributed by atoms with Gasteiger partial charge in [0.2, 0.25) is 15.9 Å². The molecule has 0 spiro atoms. The van der Waals surface area contributed by atoms with E-state index in [2.05, 4.69) is 17.4 Å². The Hall–Kier alpha value is -2.09. The number of carbonyl (C=O) groups is 1. The highest BCUT2D eigenvalue weighted by Crippen LogP contribution is 2.30. The van der Waals surface area contributed by atoms with Crippen LogP contribution in [0.3, 0.4) is 0 Å². The van der Waals surface area contributed by atoms with Crippen LogP contribution in [-0.4, -0.2) is 44.9 Å². The first-order valence-corrected chi connectivity index (χ1v) is 12.3. The lowest BCUT2D eigenvalue weighted by Crippen LogP contribution is -2.44. The summed E-state index contributed by atoms with van der Waals surface area (Å²) in [5.41, 5.74) is 1.25. The van der Waals surface area contributed by atoms with Crippen molar-refractivity contribution in [3.8, 4) is 5.75 Å². The molecule has 1 N–H and O–H groups in total. The number of ether oxygens (including phenoxy) is 1. The molecular weight excluding hydrogens is 436 g/mol. The smallest absolute Gasteiger partial charge is 0.243 e. The molecule has 2 aromatic carbocycles. The molecule has 0 saturated carbocycles. The molecular formula is C23H29ClN2O4S. The predicted molar refractivity (Wildman–Crippen MR) is 122 cm³/mol. The zero-order chi connectivity index (χ0) is 22.4. The van der Waals surface area contributed by atoms with E-state index in [0.717, 1.165) is 12.8 Å². The molecule has 8 heteroatoms. The number of nitrogens with one attached hydrogen (secondary N) is 1. The van der Waals surface area contributed by atoms with Gasteiger partial charge in [-0.05, 0) is 56.4 Å². The Kier molecular flexibility index (Phi) is 7.97. The summed E-state index contributed by atoms with van der Waals surface area (Å²) in [5, 5.41) is 3.34. The summed E-state index contributed by atoms with van der Waals surface area (Å²) in [6, 6.07) is 14.7. The van der Waals surface area contributed by atoms with Crippen LogP contribution in [0.25, 0.3) is 0 Å². The third kappa shape index (κ3) is 5.99. The summed E-state index contributed by atoms with van der Waals surface area (Å²) in [4.78, 5) is 12.8. The third-order valence-corrected chi connectivity index (χ3v) is 7.87. The summed E-state index contributed by atoms with van der Waals surface area (Å²) in [7, 11) is -2.18. The largest absolute Gasteiger partial charge is 0.495 e. The van der Waals surface area contributed by atoms with Crippen LogP contribution in [-0.2, 0) is 21.2 Å². The van der Waals surface area contributed by atoms with Crippen molar-refractivity contribution in [1.82, 2.24) is 9.62 Å². The molecule has 1 amide bonds. The first kappa shape index (κ1) is 23.6. The lowest BCUT2D eigenvalue weighted by atomic mass is 9.96. The van der Waals surface area contributed by atoms with Gasteiger partial charge in [0, 0.05) is 25.0 Å². The van der Waals surface area contributed by atoms with E-state index >= 15 is 0 Å². The summed E-state index contributed by atoms with van der Waals surface area (Å²) in [5.74, 6) is 0.257. The molecule has 1 aliphatic rings. The Morgan fingerprint density at radius 3 is 2.48 bits per heavy atom. The van der Waals surface area contributed by atoms with Crippen molar-refractivity contribution in [2.24, 2.45) is 5.92 Å². The normalized spacial score (nSPS) is 16.6. The minimum absolute atomic E-state index is 0.00472. The van der Waals surface area contributed by atoms with Gasteiger partial charge in [-0.2, -0.15) is 4.31 Å². The summed E-state index contributed by atoms with van der Waals surface area (Å²) in [6.07, 6.45) is 2.77. The number of nitrogens with zero attached hydrogens (tertiary/aromatic N) is 1. The fourth-order valence-electron chi connectivity index (χ4n) is 3.78. The number of amides is 1. The average Bonchev–Trinajstić information content (AvgIpc) is 2.78. The highest BCUT2D eigenvalue weighted by molar-refractivity contribution is 7.89. The zero-order valence-electron chi connectivity index (χ0n) is 17.9. The number of hydrogen-bond acceptors (Lipinski definition) is 4. The van der Waals surface area contributed by atoms with Crippen LogP contribution in [0, 0.1) is 5.92 Å². The quantitative estimate of drug-likeness (QED) is 0.643. The SMILES string of the molecule is COc1ccc(S(=O)(=O)N2CCC(C(=O)N[C@H](C)CCc3ccccc3)CC2)cc1Cl. The molecule has 0 radical (unpaired) electrons. The van der Waals surface area contributed by atoms with Gasteiger partial charge in [0.05, 0.1) is 17.0 Å². The van der Waals surface area contributed by atoms with Crippen LogP contribution in [0.4, 0.5) is 0 Å². The van der Waals surface area contributed by atoms with Crippen molar-refractivity contribution in [3.63, 3.8) is 0 Å². The van der Waals surface area contributed by atoms with Gasteiger partial charge in [0.25, 0.3) is 0 Å². The van der Waals surface area contributed by atoms with Crippen molar-refractivity contribution < 1.29 is 17.9 Å². The highest BCUT2D eigenvalue weighted by Gasteiger charge is 2.32. The van der Waals surface area contributed by atoms with Crippen molar-refractivity contribution in [1.29, 1.82) is 0 Å². The van der Waals surface area contributed by atoms with Crippen LogP contribution >= 0.6 is 11.6 Å². The topological polar surface area (TPSA) is 75.7 Å². The molecule has 31 heavy (non-hydrogen) atoms. The number of aryl methyl sites for hydroxylation is 1. The summed E-state index contributed by atoms with van der Waals surface area (Å²) < 4.78 is 32.4. The third-order valence-electron chi connectivity index (χ3n) is 5.68. The number of halogens is 1. The number of sulfonamides is 1. The maximum Gasteiger partial charge on any atom is 0.243 e. The van der Waals surface area contributed by atoms with E-state index in [4.69, 9.17) is 16.3 Å². The Labute approximate surface area is 189 Å². The van der Waals surface area contributed by atoms with E-state index in [0.29, 0.717) is 31.7 Å². The van der Waals surface area contributed by atoms with Gasteiger partial charge in [-0.1, -0.05) is 41.9 Å². The molecule has 1 aliphatic heterocycles. The molecule has 0 bridgehead atoms. The molecule has 0 aromatic heterocycles. The maximum atomic E-state index is 12.9. The van der Waals surface area contributed by atoms with Crippen LogP contribution in [0.15, 0.2) is 53.4 Å². The van der Waals surface area contributed by atoms with E-state index in [1.165, 1.54) is 29.1 Å². The van der Waals surface area contributed by atoms with Gasteiger partial charge >= 0.3 is 0 Å². The predicted octanol–water partition coefficient (Wildman–Crippen LogP) is 3.89. The monoisotopic (exact) mass is 464 g/mol. The Morgan fingerprint density at radius 1 is 1.19 bits per heavy atom. The van der Waals surface area contributed by atoms with E-state index < -0.39 is 10.0 Å². The summed E-state index contributed by atoms with van der Waals surface area (Å²) in [6.45, 7) is 2.62. The van der Waals surface area contributed by atoms with E-state index in [9.17, 15) is 13.2 Å². The zero-order valence-corrected chi connectivity index (χ0v) is 19.5. The fraction of sp³-hybridized carbons (Fsp3) is 0.435. The second kappa shape index (κ2) is 10.5. The maximum absolute atomic E-state index is 12.9. The Bertz CT molecular complexity index is 990. The standard InChI is InChI=1S/C23H29ClN2O4S/c1-17(8-9-18-6-4-3-5-7-18)25-23(27)19-12-14-26(15-13-19)31(28,29)20-10-11-22(30-2)21(24)16-20/h3-7,10-11,16-17,19H,8-9,12-15H2,1-2H3,(H,25,27)/t17-/m1/s1. The molecule has 168 valence electrons. The van der Waals surface area contributed by atoms with E-state index in [1.54, 1.807) is 6.07 Å². The highest BCUT2D eigenvalue weighted by atomic mass is 35.5. The van der Waals surface area contributed by atoms with Gasteiger partial charge in [0.15, 0.2) is 0 Å². The van der Waals surface area contributed by atoms with Crippen LogP contribution in [0.2, 0.25) is 5.02 Å². The molecule has 1 saturated heterocycles. The number of methoxy groups -OCH3 is 1. The van der Waals surface area contributed by atoms with Gasteiger partial charge in [-0.15, -0.1) is 0 Å². The van der Waals surface area contributed by atoms with Crippen molar-refractivity contribution in [2.75, 3.05) is 20.2 Å². The molecule has 1 fully saturated rings. The first-order chi connectivity index (χ1) is 14.8. The molecule has 0 aliphatic carbocycles. The summed E-state index contributed by atoms with van der Waals surface area (Å²) >= 11 is 6.09. The van der Waals surface area contributed by atoms with Crippen molar-refractivity contribution in [2.45, 2.75) is 43.5 Å². The average molecular weight is 465 g/mol. The molecule has 0 unspecified atom stereocenters. The van der Waals surface area contributed by atoms with Crippen molar-refractivity contribution in [3.05, 3.63) is 59.1 Å². The van der Waals surface area contributed by atoms with Crippen molar-refractivity contribution >= 4 is 27.5 Å². The van der Waals surface area contributed by atoms with Crippen LogP contribution < -0.4 is 10.1 Å². The van der Waals surface area contributed by atoms with Gasteiger partial charge in [-0.3, -0.25) is 4.79 Å². The lowest BCUT2D eigenvalue weighted by molar-refractivity contribution is -0.126.